The molecule has 164 valence electrons. The molecule has 0 atom stereocenters. The van der Waals surface area contributed by atoms with Crippen LogP contribution in [-0.4, -0.2) is 54.1 Å². The third-order valence-electron chi connectivity index (χ3n) is 4.67. The molecular formula is C23H33N3O4. The van der Waals surface area contributed by atoms with Crippen molar-refractivity contribution in [2.75, 3.05) is 19.6 Å². The summed E-state index contributed by atoms with van der Waals surface area (Å²) in [5.41, 5.74) is 1.58. The zero-order valence-corrected chi connectivity index (χ0v) is 18.4. The van der Waals surface area contributed by atoms with Crippen LogP contribution in [-0.2, 0) is 14.3 Å². The summed E-state index contributed by atoms with van der Waals surface area (Å²) in [6, 6.07) is 8.01. The van der Waals surface area contributed by atoms with Crippen molar-refractivity contribution < 1.29 is 19.1 Å². The van der Waals surface area contributed by atoms with E-state index in [1.165, 1.54) is 0 Å². The third kappa shape index (κ3) is 8.68. The first kappa shape index (κ1) is 23.4. The quantitative estimate of drug-likeness (QED) is 0.699. The van der Waals surface area contributed by atoms with E-state index < -0.39 is 11.7 Å². The van der Waals surface area contributed by atoms with E-state index in [-0.39, 0.29) is 30.8 Å². The number of aryl methyl sites for hydroxylation is 1. The number of alkyl carbamates (subject to hydrolysis) is 1. The molecule has 2 rings (SSSR count). The van der Waals surface area contributed by atoms with Crippen LogP contribution >= 0.6 is 0 Å². The number of carbonyl (C=O) groups is 3. The van der Waals surface area contributed by atoms with Gasteiger partial charge in [0.15, 0.2) is 0 Å². The molecule has 1 aromatic rings. The lowest BCUT2D eigenvalue weighted by Crippen LogP contribution is -2.46. The Morgan fingerprint density at radius 3 is 2.53 bits per heavy atom. The van der Waals surface area contributed by atoms with Gasteiger partial charge in [-0.25, -0.2) is 4.79 Å². The zero-order valence-electron chi connectivity index (χ0n) is 18.4. The molecule has 1 heterocycles. The van der Waals surface area contributed by atoms with Gasteiger partial charge >= 0.3 is 6.09 Å². The maximum Gasteiger partial charge on any atom is 0.407 e. The van der Waals surface area contributed by atoms with Gasteiger partial charge in [0.25, 0.3) is 0 Å². The lowest BCUT2D eigenvalue weighted by molar-refractivity contribution is -0.132. The Labute approximate surface area is 178 Å². The monoisotopic (exact) mass is 415 g/mol. The van der Waals surface area contributed by atoms with Gasteiger partial charge in [0.05, 0.1) is 0 Å². The molecule has 2 N–H and O–H groups in total. The highest BCUT2D eigenvalue weighted by Gasteiger charge is 2.23. The van der Waals surface area contributed by atoms with E-state index in [2.05, 4.69) is 10.6 Å². The van der Waals surface area contributed by atoms with Gasteiger partial charge in [-0.05, 0) is 52.2 Å². The Hall–Kier alpha value is -2.83. The Morgan fingerprint density at radius 2 is 1.90 bits per heavy atom. The fourth-order valence-corrected chi connectivity index (χ4v) is 3.21. The number of ether oxygens (including phenoxy) is 1. The molecule has 1 fully saturated rings. The number of hydrogen-bond donors (Lipinski definition) is 2. The van der Waals surface area contributed by atoms with Gasteiger partial charge in [-0.3, -0.25) is 9.59 Å². The topological polar surface area (TPSA) is 87.7 Å². The summed E-state index contributed by atoms with van der Waals surface area (Å²) < 4.78 is 5.15. The Morgan fingerprint density at radius 1 is 1.20 bits per heavy atom. The molecule has 0 radical (unpaired) electrons. The number of nitrogens with one attached hydrogen (secondary N) is 2. The molecular weight excluding hydrogens is 382 g/mol. The smallest absolute Gasteiger partial charge is 0.407 e. The van der Waals surface area contributed by atoms with Crippen LogP contribution in [0.3, 0.4) is 0 Å². The molecule has 0 spiro atoms. The number of benzene rings is 1. The van der Waals surface area contributed by atoms with Gasteiger partial charge in [-0.1, -0.05) is 29.8 Å². The van der Waals surface area contributed by atoms with Crippen LogP contribution in [0.1, 0.15) is 51.2 Å². The largest absolute Gasteiger partial charge is 0.444 e. The fraction of sp³-hybridized carbons (Fsp3) is 0.522. The summed E-state index contributed by atoms with van der Waals surface area (Å²) in [6.07, 6.45) is 4.50. The summed E-state index contributed by atoms with van der Waals surface area (Å²) in [7, 11) is 0. The predicted octanol–water partition coefficient (Wildman–Crippen LogP) is 3.03. The molecule has 1 saturated heterocycles. The second kappa shape index (κ2) is 10.8. The lowest BCUT2D eigenvalue weighted by atomic mass is 10.0. The fourth-order valence-electron chi connectivity index (χ4n) is 3.21. The molecule has 0 saturated carbocycles. The first-order valence-electron chi connectivity index (χ1n) is 10.4. The average molecular weight is 416 g/mol. The first-order chi connectivity index (χ1) is 14.1. The van der Waals surface area contributed by atoms with Crippen LogP contribution in [0.25, 0.3) is 6.08 Å². The molecule has 30 heavy (non-hydrogen) atoms. The normalized spacial score (nSPS) is 15.1. The van der Waals surface area contributed by atoms with Crippen LogP contribution in [0.15, 0.2) is 30.3 Å². The van der Waals surface area contributed by atoms with Crippen molar-refractivity contribution in [2.24, 2.45) is 0 Å². The second-order valence-corrected chi connectivity index (χ2v) is 8.59. The lowest BCUT2D eigenvalue weighted by Gasteiger charge is -2.32. The van der Waals surface area contributed by atoms with E-state index in [0.29, 0.717) is 13.1 Å². The number of amides is 3. The van der Waals surface area contributed by atoms with E-state index in [1.807, 2.05) is 31.2 Å². The minimum Gasteiger partial charge on any atom is -0.444 e. The van der Waals surface area contributed by atoms with Gasteiger partial charge in [0, 0.05) is 38.2 Å². The number of nitrogens with zero attached hydrogens (tertiary/aromatic N) is 1. The van der Waals surface area contributed by atoms with Crippen LogP contribution in [0.5, 0.6) is 0 Å². The summed E-state index contributed by atoms with van der Waals surface area (Å²) in [4.78, 5) is 37.9. The average Bonchev–Trinajstić information content (AvgIpc) is 2.65. The van der Waals surface area contributed by atoms with Crippen molar-refractivity contribution >= 4 is 24.0 Å². The maximum atomic E-state index is 12.3. The van der Waals surface area contributed by atoms with E-state index in [9.17, 15) is 14.4 Å². The van der Waals surface area contributed by atoms with Gasteiger partial charge in [-0.2, -0.15) is 0 Å². The Bertz CT molecular complexity index is 775. The zero-order chi connectivity index (χ0) is 22.1. The van der Waals surface area contributed by atoms with Gasteiger partial charge in [-0.15, -0.1) is 0 Å². The molecule has 0 bridgehead atoms. The summed E-state index contributed by atoms with van der Waals surface area (Å²) in [5.74, 6) is -0.127. The summed E-state index contributed by atoms with van der Waals surface area (Å²) >= 11 is 0. The van der Waals surface area contributed by atoms with Crippen LogP contribution < -0.4 is 10.6 Å². The molecule has 7 nitrogen and oxygen atoms in total. The minimum atomic E-state index is -0.560. The summed E-state index contributed by atoms with van der Waals surface area (Å²) in [5, 5.41) is 5.61. The Balaban J connectivity index is 1.67. The van der Waals surface area contributed by atoms with Crippen molar-refractivity contribution in [1.82, 2.24) is 15.5 Å². The number of likely N-dealkylation sites (tertiary alicyclic amines) is 1. The molecule has 1 aromatic carbocycles. The maximum absolute atomic E-state index is 12.3. The molecule has 1 aliphatic heterocycles. The van der Waals surface area contributed by atoms with Gasteiger partial charge in [0.2, 0.25) is 11.8 Å². The second-order valence-electron chi connectivity index (χ2n) is 8.59. The van der Waals surface area contributed by atoms with E-state index in [1.54, 1.807) is 37.8 Å². The van der Waals surface area contributed by atoms with Crippen molar-refractivity contribution in [1.29, 1.82) is 0 Å². The highest BCUT2D eigenvalue weighted by molar-refractivity contribution is 5.92. The van der Waals surface area contributed by atoms with E-state index in [4.69, 9.17) is 4.74 Å². The van der Waals surface area contributed by atoms with Gasteiger partial charge in [0.1, 0.15) is 5.60 Å². The SMILES string of the molecule is Cc1cccc(/C=C/C(=O)NC2CCN(C(=O)CCNC(=O)OC(C)(C)C)CC2)c1. The number of rotatable bonds is 6. The molecule has 0 unspecified atom stereocenters. The van der Waals surface area contributed by atoms with E-state index in [0.717, 1.165) is 24.0 Å². The predicted molar refractivity (Wildman–Crippen MR) is 117 cm³/mol. The number of carbonyl (C=O) groups excluding carboxylic acids is 3. The third-order valence-corrected chi connectivity index (χ3v) is 4.67. The number of piperidine rings is 1. The van der Waals surface area contributed by atoms with Crippen molar-refractivity contribution in [3.63, 3.8) is 0 Å². The number of hydrogen-bond acceptors (Lipinski definition) is 4. The van der Waals surface area contributed by atoms with E-state index >= 15 is 0 Å². The van der Waals surface area contributed by atoms with Crippen LogP contribution in [0.2, 0.25) is 0 Å². The van der Waals surface area contributed by atoms with Crippen molar-refractivity contribution in [2.45, 2.75) is 58.6 Å². The summed E-state index contributed by atoms with van der Waals surface area (Å²) in [6.45, 7) is 8.82. The molecule has 0 aromatic heterocycles. The van der Waals surface area contributed by atoms with Crippen LogP contribution in [0, 0.1) is 6.92 Å². The molecule has 0 aliphatic carbocycles. The first-order valence-corrected chi connectivity index (χ1v) is 10.4. The highest BCUT2D eigenvalue weighted by Crippen LogP contribution is 2.12. The molecule has 3 amide bonds. The standard InChI is InChI=1S/C23H33N3O4/c1-17-6-5-7-18(16-17)8-9-20(27)25-19-11-14-26(15-12-19)21(28)10-13-24-22(29)30-23(2,3)4/h5-9,16,19H,10-15H2,1-4H3,(H,24,29)(H,25,27)/b9-8+. The minimum absolute atomic E-state index is 0.00446. The van der Waals surface area contributed by atoms with Crippen molar-refractivity contribution in [3.05, 3.63) is 41.5 Å². The molecule has 7 heteroatoms. The molecule has 1 aliphatic rings. The van der Waals surface area contributed by atoms with Crippen LogP contribution in [0.4, 0.5) is 4.79 Å². The van der Waals surface area contributed by atoms with Gasteiger partial charge < -0.3 is 20.3 Å². The Kier molecular flexibility index (Phi) is 8.45. The highest BCUT2D eigenvalue weighted by atomic mass is 16.6. The van der Waals surface area contributed by atoms with Crippen molar-refractivity contribution in [3.8, 4) is 0 Å².